The first-order chi connectivity index (χ1) is 23.6. The number of nitrogens with zero attached hydrogens (tertiary/aromatic N) is 5. The number of carbonyl (C=O) groups excluding carboxylic acids is 1. The maximum absolute atomic E-state index is 13.2. The van der Waals surface area contributed by atoms with Crippen LogP contribution in [0.1, 0.15) is 72.8 Å². The molecule has 1 unspecified atom stereocenters. The van der Waals surface area contributed by atoms with E-state index in [4.69, 9.17) is 5.11 Å². The molecule has 1 amide bonds. The van der Waals surface area contributed by atoms with Gasteiger partial charge in [0.1, 0.15) is 18.0 Å². The molecule has 4 N–H and O–H groups in total. The Labute approximate surface area is 291 Å². The van der Waals surface area contributed by atoms with E-state index >= 15 is 0 Å². The Kier molecular flexibility index (Phi) is 14.3. The minimum absolute atomic E-state index is 0.0739. The van der Waals surface area contributed by atoms with E-state index < -0.39 is 23.6 Å². The molecule has 0 saturated carbocycles. The van der Waals surface area contributed by atoms with Crippen LogP contribution in [0.3, 0.4) is 0 Å². The number of alkyl halides is 3. The van der Waals surface area contributed by atoms with Crippen LogP contribution in [0.4, 0.5) is 36.2 Å². The van der Waals surface area contributed by atoms with Gasteiger partial charge in [-0.05, 0) is 94.1 Å². The van der Waals surface area contributed by atoms with Crippen molar-refractivity contribution in [2.75, 3.05) is 42.6 Å². The van der Waals surface area contributed by atoms with Crippen LogP contribution in [-0.4, -0.2) is 68.3 Å². The molecule has 0 spiro atoms. The lowest BCUT2D eigenvalue weighted by Crippen LogP contribution is -2.32. The quantitative estimate of drug-likeness (QED) is 0.104. The fraction of sp³-hybridized carbons (Fsp3) is 0.417. The van der Waals surface area contributed by atoms with E-state index in [-0.39, 0.29) is 12.1 Å². The van der Waals surface area contributed by atoms with Gasteiger partial charge in [-0.3, -0.25) is 14.5 Å². The summed E-state index contributed by atoms with van der Waals surface area (Å²) in [4.78, 5) is 33.8. The van der Waals surface area contributed by atoms with Crippen molar-refractivity contribution in [3.05, 3.63) is 82.8 Å². The van der Waals surface area contributed by atoms with Gasteiger partial charge in [0.15, 0.2) is 5.82 Å². The highest BCUT2D eigenvalue weighted by atomic mass is 19.4. The molecular weight excluding hydrogens is 649 g/mol. The van der Waals surface area contributed by atoms with Crippen molar-refractivity contribution in [1.29, 1.82) is 0 Å². The number of hydrogen-bond donors (Lipinski definition) is 4. The van der Waals surface area contributed by atoms with Crippen LogP contribution in [0, 0.1) is 26.7 Å². The number of nitrogens with one attached hydrogen (secondary N) is 3. The predicted octanol–water partition coefficient (Wildman–Crippen LogP) is 7.86. The van der Waals surface area contributed by atoms with Crippen LogP contribution in [0.2, 0.25) is 0 Å². The first-order valence-electron chi connectivity index (χ1n) is 16.5. The molecule has 0 radical (unpaired) electrons. The minimum atomic E-state index is -4.54. The van der Waals surface area contributed by atoms with Gasteiger partial charge in [0.2, 0.25) is 0 Å². The molecule has 2 aromatic carbocycles. The third kappa shape index (κ3) is 11.9. The molecule has 0 saturated heterocycles. The van der Waals surface area contributed by atoms with Gasteiger partial charge in [0.25, 0.3) is 5.91 Å². The average molecular weight is 697 g/mol. The molecule has 0 aliphatic rings. The topological polar surface area (TPSA) is 137 Å². The first kappa shape index (κ1) is 39.5. The van der Waals surface area contributed by atoms with Crippen LogP contribution in [0.25, 0.3) is 5.82 Å². The van der Waals surface area contributed by atoms with Crippen molar-refractivity contribution in [2.45, 2.75) is 67.0 Å². The van der Waals surface area contributed by atoms with Crippen LogP contribution >= 0.6 is 0 Å². The molecule has 4 rings (SSSR count). The Hall–Kier alpha value is -4.98. The summed E-state index contributed by atoms with van der Waals surface area (Å²) >= 11 is 0. The van der Waals surface area contributed by atoms with Crippen molar-refractivity contribution in [1.82, 2.24) is 24.6 Å². The molecule has 4 aromatic rings. The second-order valence-corrected chi connectivity index (χ2v) is 12.3. The molecule has 0 aliphatic carbocycles. The highest BCUT2D eigenvalue weighted by Crippen LogP contribution is 2.31. The Morgan fingerprint density at radius 3 is 2.38 bits per heavy atom. The Bertz CT molecular complexity index is 1740. The smallest absolute Gasteiger partial charge is 0.416 e. The number of anilines is 4. The molecule has 11 nitrogen and oxygen atoms in total. The first-order valence-corrected chi connectivity index (χ1v) is 16.5. The number of aryl methyl sites for hydroxylation is 3. The highest BCUT2D eigenvalue weighted by Gasteiger charge is 2.31. The van der Waals surface area contributed by atoms with Crippen molar-refractivity contribution in [3.63, 3.8) is 0 Å². The van der Waals surface area contributed by atoms with Crippen molar-refractivity contribution in [3.8, 4) is 5.82 Å². The zero-order chi connectivity index (χ0) is 37.0. The van der Waals surface area contributed by atoms with E-state index in [0.717, 1.165) is 49.3 Å². The summed E-state index contributed by atoms with van der Waals surface area (Å²) < 4.78 is 41.2. The summed E-state index contributed by atoms with van der Waals surface area (Å²) in [6, 6.07) is 12.1. The Morgan fingerprint density at radius 1 is 1.00 bits per heavy atom. The largest absolute Gasteiger partial charge is 0.480 e. The van der Waals surface area contributed by atoms with Gasteiger partial charge in [-0.15, -0.1) is 0 Å². The lowest BCUT2D eigenvalue weighted by atomic mass is 10.1. The molecular formula is C36H47F3N8O3. The number of rotatable bonds is 14. The molecule has 0 bridgehead atoms. The molecule has 2 aromatic heterocycles. The van der Waals surface area contributed by atoms with Gasteiger partial charge < -0.3 is 21.1 Å². The van der Waals surface area contributed by atoms with Gasteiger partial charge in [0.05, 0.1) is 17.8 Å². The predicted molar refractivity (Wildman–Crippen MR) is 190 cm³/mol. The molecule has 1 atom stereocenters. The third-order valence-electron chi connectivity index (χ3n) is 7.92. The van der Waals surface area contributed by atoms with E-state index in [1.807, 2.05) is 24.8 Å². The summed E-state index contributed by atoms with van der Waals surface area (Å²) in [5.41, 5.74) is 2.14. The molecule has 270 valence electrons. The summed E-state index contributed by atoms with van der Waals surface area (Å²) in [6.07, 6.45) is 0.185. The number of carboxylic acid groups (broad SMARTS) is 1. The number of halogens is 3. The van der Waals surface area contributed by atoms with E-state index in [0.29, 0.717) is 40.3 Å². The van der Waals surface area contributed by atoms with E-state index in [1.165, 1.54) is 25.7 Å². The van der Waals surface area contributed by atoms with Crippen LogP contribution < -0.4 is 16.0 Å². The van der Waals surface area contributed by atoms with E-state index in [2.05, 4.69) is 51.8 Å². The number of aliphatic carboxylic acids is 1. The monoisotopic (exact) mass is 696 g/mol. The number of carbonyl (C=O) groups is 2. The number of amides is 1. The second-order valence-electron chi connectivity index (χ2n) is 12.3. The maximum atomic E-state index is 13.2. The van der Waals surface area contributed by atoms with Gasteiger partial charge in [-0.2, -0.15) is 23.0 Å². The van der Waals surface area contributed by atoms with Crippen LogP contribution in [0.15, 0.2) is 54.9 Å². The average Bonchev–Trinajstić information content (AvgIpc) is 3.44. The van der Waals surface area contributed by atoms with Gasteiger partial charge >= 0.3 is 12.1 Å². The third-order valence-corrected chi connectivity index (χ3v) is 7.92. The molecule has 0 aliphatic heterocycles. The maximum Gasteiger partial charge on any atom is 0.416 e. The summed E-state index contributed by atoms with van der Waals surface area (Å²) in [5.74, 6) is 1.15. The zero-order valence-electron chi connectivity index (χ0n) is 29.6. The van der Waals surface area contributed by atoms with E-state index in [9.17, 15) is 22.8 Å². The number of aromatic nitrogens is 4. The van der Waals surface area contributed by atoms with Gasteiger partial charge in [-0.25, -0.2) is 9.97 Å². The lowest BCUT2D eigenvalue weighted by molar-refractivity contribution is -0.139. The normalized spacial score (nSPS) is 11.8. The lowest BCUT2D eigenvalue weighted by Gasteiger charge is -2.20. The molecule has 50 heavy (non-hydrogen) atoms. The molecule has 14 heteroatoms. The van der Waals surface area contributed by atoms with Crippen molar-refractivity contribution >= 4 is 34.9 Å². The van der Waals surface area contributed by atoms with Crippen molar-refractivity contribution < 1.29 is 27.9 Å². The second kappa shape index (κ2) is 18.1. The molecule has 0 fully saturated rings. The SMILES string of the molecule is CCCN(CCC(C)CC)CC(=O)O.CNc1cc(-n2nc(C)cc2Nc2cc(NC(=O)c3cc(C)cc(C(F)(F)F)c3)ccc2C)ncn1. The summed E-state index contributed by atoms with van der Waals surface area (Å²) in [6.45, 7) is 13.7. The summed E-state index contributed by atoms with van der Waals surface area (Å²) in [7, 11) is 1.75. The Balaban J connectivity index is 0.000000409. The van der Waals surface area contributed by atoms with Crippen molar-refractivity contribution in [2.24, 2.45) is 5.92 Å². The van der Waals surface area contributed by atoms with Gasteiger partial charge in [0, 0.05) is 36.1 Å². The fourth-order valence-electron chi connectivity index (χ4n) is 5.00. The standard InChI is InChI=1S/C25H24F3N7O.C11H23NO2/c1-14-7-17(10-18(8-14)25(26,27)28)24(36)32-19-6-5-15(2)20(11-19)33-23-9-16(3)34-35(23)22-12-21(29-4)30-13-31-22;1-4-7-12(9-11(13)14)8-6-10(3)5-2/h5-13,33H,1-4H3,(H,32,36)(H,29,30,31);10H,4-9H2,1-3H3,(H,13,14). The number of hydrogen-bond acceptors (Lipinski definition) is 8. The number of benzene rings is 2. The van der Waals surface area contributed by atoms with Gasteiger partial charge in [-0.1, -0.05) is 33.3 Å². The van der Waals surface area contributed by atoms with E-state index in [1.54, 1.807) is 36.0 Å². The van der Waals surface area contributed by atoms with Crippen LogP contribution in [-0.2, 0) is 11.0 Å². The minimum Gasteiger partial charge on any atom is -0.480 e. The summed E-state index contributed by atoms with van der Waals surface area (Å²) in [5, 5.41) is 22.2. The van der Waals surface area contributed by atoms with Crippen LogP contribution in [0.5, 0.6) is 0 Å². The Morgan fingerprint density at radius 2 is 1.74 bits per heavy atom. The molecule has 2 heterocycles. The zero-order valence-corrected chi connectivity index (χ0v) is 29.6. The highest BCUT2D eigenvalue weighted by molar-refractivity contribution is 6.04. The fourth-order valence-corrected chi connectivity index (χ4v) is 5.00. The number of carboxylic acids is 1.